The predicted molar refractivity (Wildman–Crippen MR) is 203 cm³/mol. The van der Waals surface area contributed by atoms with Gasteiger partial charge in [-0.2, -0.15) is 0 Å². The van der Waals surface area contributed by atoms with Gasteiger partial charge in [-0.05, 0) is 83.4 Å². The molecule has 18 heteroatoms. The van der Waals surface area contributed by atoms with Gasteiger partial charge in [0.05, 0.1) is 18.3 Å². The molecular formula is C39H51FN6O10S. The number of carbonyl (C=O) groups is 6. The van der Waals surface area contributed by atoms with Gasteiger partial charge in [-0.15, -0.1) is 0 Å². The predicted octanol–water partition coefficient (Wildman–Crippen LogP) is 2.77. The molecule has 5 aliphatic rings. The number of likely N-dealkylation sites (N-methyl/N-ethyl adjacent to an activating group) is 1. The van der Waals surface area contributed by atoms with Crippen molar-refractivity contribution < 1.29 is 51.0 Å². The highest BCUT2D eigenvalue weighted by Gasteiger charge is 2.62. The van der Waals surface area contributed by atoms with E-state index in [1.807, 2.05) is 6.08 Å². The lowest BCUT2D eigenvalue weighted by Crippen LogP contribution is -2.59. The molecule has 310 valence electrons. The number of allylic oxidation sites excluding steroid dienone is 1. The number of amides is 6. The topological polar surface area (TPSA) is 201 Å². The minimum Gasteiger partial charge on any atom is -0.444 e. The lowest BCUT2D eigenvalue weighted by Gasteiger charge is -2.34. The second-order valence-electron chi connectivity index (χ2n) is 16.5. The Morgan fingerprint density at radius 3 is 2.51 bits per heavy atom. The quantitative estimate of drug-likeness (QED) is 0.272. The molecule has 2 aliphatic carbocycles. The lowest BCUT2D eigenvalue weighted by molar-refractivity contribution is -0.141. The van der Waals surface area contributed by atoms with Gasteiger partial charge in [0.15, 0.2) is 0 Å². The van der Waals surface area contributed by atoms with Crippen LogP contribution in [-0.4, -0.2) is 113 Å². The molecule has 57 heavy (non-hydrogen) atoms. The van der Waals surface area contributed by atoms with Crippen LogP contribution in [0.5, 0.6) is 0 Å². The summed E-state index contributed by atoms with van der Waals surface area (Å²) in [4.78, 5) is 86.4. The smallest absolute Gasteiger partial charge is 0.410 e. The number of ether oxygens (including phenoxy) is 2. The summed E-state index contributed by atoms with van der Waals surface area (Å²) in [5, 5.41) is 4.71. The molecular weight excluding hydrogens is 764 g/mol. The summed E-state index contributed by atoms with van der Waals surface area (Å²) in [6.07, 6.45) is 3.96. The van der Waals surface area contributed by atoms with Crippen LogP contribution in [0.4, 0.5) is 14.0 Å². The van der Waals surface area contributed by atoms with Crippen molar-refractivity contribution in [1.29, 1.82) is 0 Å². The number of rotatable bonds is 7. The van der Waals surface area contributed by atoms with Crippen molar-refractivity contribution in [2.45, 2.75) is 126 Å². The van der Waals surface area contributed by atoms with Crippen molar-refractivity contribution in [3.63, 3.8) is 0 Å². The summed E-state index contributed by atoms with van der Waals surface area (Å²) in [6.45, 7) is 8.28. The first-order chi connectivity index (χ1) is 26.8. The number of alkyl carbamates (subject to hydrolysis) is 1. The van der Waals surface area contributed by atoms with Crippen LogP contribution < -0.4 is 15.4 Å². The molecule has 0 aromatic heterocycles. The fourth-order valence-corrected chi connectivity index (χ4v) is 9.10. The Morgan fingerprint density at radius 1 is 1.11 bits per heavy atom. The molecule has 1 aromatic rings. The van der Waals surface area contributed by atoms with Crippen molar-refractivity contribution in [2.75, 3.05) is 13.6 Å². The van der Waals surface area contributed by atoms with Gasteiger partial charge in [-0.3, -0.25) is 28.8 Å². The average molecular weight is 815 g/mol. The minimum absolute atomic E-state index is 0.0450. The number of benzene rings is 1. The lowest BCUT2D eigenvalue weighted by atomic mass is 9.98. The van der Waals surface area contributed by atoms with Crippen LogP contribution in [0.2, 0.25) is 0 Å². The number of nitrogens with zero attached hydrogens (tertiary/aromatic N) is 3. The van der Waals surface area contributed by atoms with E-state index in [-0.39, 0.29) is 38.9 Å². The van der Waals surface area contributed by atoms with E-state index < -0.39 is 98.2 Å². The van der Waals surface area contributed by atoms with Gasteiger partial charge in [-0.1, -0.05) is 30.9 Å². The first-order valence-electron chi connectivity index (χ1n) is 19.3. The second-order valence-corrected chi connectivity index (χ2v) is 18.5. The Bertz CT molecular complexity index is 1970. The third kappa shape index (κ3) is 9.42. The maximum absolute atomic E-state index is 14.8. The molecule has 1 aromatic carbocycles. The van der Waals surface area contributed by atoms with Gasteiger partial charge in [0.25, 0.3) is 5.91 Å². The van der Waals surface area contributed by atoms with Crippen LogP contribution >= 0.6 is 0 Å². The standard InChI is InChI=1S/C39H51FN6O10S/c1-6-32(47)44(5)25-13-9-7-8-12-24-19-39(24,35(50)43-57(53,54)27-15-16-27)42-33(48)31-18-26(55-37(52)45-20-23-11-10-14-29(40)28(23)22-45)21-46(31)34(49)30(17-25)41-36(51)56-38(2,3)4/h6,8,10-12,14,24-27,30-31H,1,7,9,13,15-22H2,2-5H3,(H,41,51)(H,42,48)(H,43,50)/b12-8-/t24-,25?,26?,30+,31+,39-/m1/s1. The molecule has 2 unspecified atom stereocenters. The summed E-state index contributed by atoms with van der Waals surface area (Å²) in [5.74, 6) is -3.88. The first-order valence-corrected chi connectivity index (χ1v) is 20.8. The fraction of sp³-hybridized carbons (Fsp3) is 0.590. The van der Waals surface area contributed by atoms with E-state index in [1.54, 1.807) is 46.0 Å². The van der Waals surface area contributed by atoms with E-state index in [9.17, 15) is 41.6 Å². The van der Waals surface area contributed by atoms with Gasteiger partial charge < -0.3 is 29.9 Å². The van der Waals surface area contributed by atoms with Gasteiger partial charge >= 0.3 is 12.2 Å². The summed E-state index contributed by atoms with van der Waals surface area (Å²) < 4.78 is 53.7. The van der Waals surface area contributed by atoms with E-state index in [1.165, 1.54) is 20.8 Å². The van der Waals surface area contributed by atoms with Crippen molar-refractivity contribution in [1.82, 2.24) is 30.1 Å². The molecule has 6 amide bonds. The highest BCUT2D eigenvalue weighted by molar-refractivity contribution is 7.91. The molecule has 16 nitrogen and oxygen atoms in total. The van der Waals surface area contributed by atoms with E-state index in [2.05, 4.69) is 21.9 Å². The number of halogens is 1. The average Bonchev–Trinajstić information content (AvgIpc) is 4.02. The minimum atomic E-state index is -3.98. The maximum Gasteiger partial charge on any atom is 0.410 e. The van der Waals surface area contributed by atoms with E-state index in [4.69, 9.17) is 9.47 Å². The number of hydrogen-bond donors (Lipinski definition) is 3. The van der Waals surface area contributed by atoms with Crippen molar-refractivity contribution in [3.05, 3.63) is 60.0 Å². The van der Waals surface area contributed by atoms with Gasteiger partial charge in [0, 0.05) is 37.5 Å². The van der Waals surface area contributed by atoms with Crippen LogP contribution in [-0.2, 0) is 51.8 Å². The van der Waals surface area contributed by atoms with Crippen molar-refractivity contribution in [3.8, 4) is 0 Å². The monoisotopic (exact) mass is 814 g/mol. The molecule has 3 fully saturated rings. The summed E-state index contributed by atoms with van der Waals surface area (Å²) in [5.41, 5.74) is -1.61. The summed E-state index contributed by atoms with van der Waals surface area (Å²) in [6, 6.07) is 1.25. The molecule has 6 atom stereocenters. The van der Waals surface area contributed by atoms with Gasteiger partial charge in [0.2, 0.25) is 27.7 Å². The SMILES string of the molecule is C=CC(=O)N(C)C1CCC/C=C\[C@@H]2C[C@@]2(C(=O)NS(=O)(=O)C2CC2)NC(=O)[C@@H]2CC(OC(=O)N3Cc4cccc(F)c4C3)CN2C(=O)[C@@H](NC(=O)OC(C)(C)C)C1. The second kappa shape index (κ2) is 16.1. The molecule has 6 rings (SSSR count). The first kappa shape index (κ1) is 41.6. The third-order valence-corrected chi connectivity index (χ3v) is 12.9. The third-order valence-electron chi connectivity index (χ3n) is 11.1. The fourth-order valence-electron chi connectivity index (χ4n) is 7.74. The largest absolute Gasteiger partial charge is 0.444 e. The normalized spacial score (nSPS) is 28.3. The Balaban J connectivity index is 1.32. The molecule has 2 saturated carbocycles. The van der Waals surface area contributed by atoms with Crippen molar-refractivity contribution >= 4 is 45.8 Å². The van der Waals surface area contributed by atoms with E-state index in [0.717, 1.165) is 6.08 Å². The molecule has 0 bridgehead atoms. The van der Waals surface area contributed by atoms with Crippen LogP contribution in [0.25, 0.3) is 0 Å². The maximum atomic E-state index is 14.8. The van der Waals surface area contributed by atoms with E-state index >= 15 is 0 Å². The van der Waals surface area contributed by atoms with Gasteiger partial charge in [0.1, 0.15) is 35.1 Å². The zero-order chi connectivity index (χ0) is 41.4. The zero-order valence-electron chi connectivity index (χ0n) is 32.6. The molecule has 3 aliphatic heterocycles. The Labute approximate surface area is 331 Å². The number of hydrogen-bond acceptors (Lipinski definition) is 10. The number of carbonyl (C=O) groups excluding carboxylic acids is 6. The number of nitrogens with one attached hydrogen (secondary N) is 3. The van der Waals surface area contributed by atoms with Crippen molar-refractivity contribution in [2.24, 2.45) is 5.92 Å². The highest BCUT2D eigenvalue weighted by atomic mass is 32.2. The number of sulfonamides is 1. The Morgan fingerprint density at radius 2 is 1.84 bits per heavy atom. The van der Waals surface area contributed by atoms with Crippen LogP contribution in [0.1, 0.15) is 83.3 Å². The van der Waals surface area contributed by atoms with E-state index in [0.29, 0.717) is 43.2 Å². The molecule has 3 heterocycles. The van der Waals surface area contributed by atoms with Crippen LogP contribution in [0.3, 0.4) is 0 Å². The van der Waals surface area contributed by atoms with Gasteiger partial charge in [-0.25, -0.2) is 22.4 Å². The Hall–Kier alpha value is -5.00. The molecule has 0 spiro atoms. The number of fused-ring (bicyclic) bond motifs is 3. The van der Waals surface area contributed by atoms with Crippen LogP contribution in [0, 0.1) is 11.7 Å². The summed E-state index contributed by atoms with van der Waals surface area (Å²) >= 11 is 0. The molecule has 0 radical (unpaired) electrons. The molecule has 3 N–H and O–H groups in total. The Kier molecular flexibility index (Phi) is 11.8. The summed E-state index contributed by atoms with van der Waals surface area (Å²) in [7, 11) is -2.42. The highest BCUT2D eigenvalue weighted by Crippen LogP contribution is 2.46. The zero-order valence-corrected chi connectivity index (χ0v) is 33.4. The molecule has 1 saturated heterocycles. The van der Waals surface area contributed by atoms with Crippen LogP contribution in [0.15, 0.2) is 43.0 Å².